The molecule has 1 aliphatic heterocycles. The van der Waals surface area contributed by atoms with E-state index in [2.05, 4.69) is 24.5 Å². The van der Waals surface area contributed by atoms with Crippen LogP contribution in [-0.2, 0) is 0 Å². The predicted molar refractivity (Wildman–Crippen MR) is 80.3 cm³/mol. The molecule has 1 unspecified atom stereocenters. The molecule has 2 rings (SSSR count). The van der Waals surface area contributed by atoms with E-state index in [4.69, 9.17) is 11.6 Å². The SMILES string of the molecule is CC1(C)CCCNC1CNC(=O)c1cc(O)ccc1Cl. The number of phenols is 1. The van der Waals surface area contributed by atoms with Gasteiger partial charge in [0.05, 0.1) is 10.6 Å². The van der Waals surface area contributed by atoms with Crippen LogP contribution in [0.4, 0.5) is 0 Å². The fourth-order valence-corrected chi connectivity index (χ4v) is 2.80. The number of benzene rings is 1. The molecule has 0 spiro atoms. The van der Waals surface area contributed by atoms with Crippen LogP contribution in [0.15, 0.2) is 18.2 Å². The maximum Gasteiger partial charge on any atom is 0.252 e. The Balaban J connectivity index is 2.00. The second-order valence-corrected chi connectivity index (χ2v) is 6.38. The van der Waals surface area contributed by atoms with Gasteiger partial charge in [-0.1, -0.05) is 25.4 Å². The molecule has 0 saturated carbocycles. The Bertz CT molecular complexity index is 503. The minimum absolute atomic E-state index is 0.0377. The Morgan fingerprint density at radius 2 is 2.30 bits per heavy atom. The van der Waals surface area contributed by atoms with Gasteiger partial charge in [-0.15, -0.1) is 0 Å². The minimum atomic E-state index is -0.255. The molecule has 1 fully saturated rings. The van der Waals surface area contributed by atoms with Crippen LogP contribution in [0, 0.1) is 5.41 Å². The Morgan fingerprint density at radius 3 is 3.00 bits per heavy atom. The van der Waals surface area contributed by atoms with Gasteiger partial charge in [-0.3, -0.25) is 4.79 Å². The Labute approximate surface area is 124 Å². The van der Waals surface area contributed by atoms with Crippen LogP contribution in [0.3, 0.4) is 0 Å². The van der Waals surface area contributed by atoms with Gasteiger partial charge in [-0.25, -0.2) is 0 Å². The zero-order valence-corrected chi connectivity index (χ0v) is 12.6. The summed E-state index contributed by atoms with van der Waals surface area (Å²) in [7, 11) is 0. The fourth-order valence-electron chi connectivity index (χ4n) is 2.60. The number of carbonyl (C=O) groups excluding carboxylic acids is 1. The van der Waals surface area contributed by atoms with Crippen LogP contribution in [0.5, 0.6) is 5.75 Å². The summed E-state index contributed by atoms with van der Waals surface area (Å²) >= 11 is 5.98. The largest absolute Gasteiger partial charge is 0.508 e. The molecule has 3 N–H and O–H groups in total. The van der Waals surface area contributed by atoms with Crippen molar-refractivity contribution in [3.05, 3.63) is 28.8 Å². The van der Waals surface area contributed by atoms with Gasteiger partial charge in [-0.05, 0) is 43.0 Å². The van der Waals surface area contributed by atoms with E-state index in [9.17, 15) is 9.90 Å². The average molecular weight is 297 g/mol. The van der Waals surface area contributed by atoms with Crippen molar-refractivity contribution in [2.75, 3.05) is 13.1 Å². The molecule has 0 radical (unpaired) electrons. The lowest BCUT2D eigenvalue weighted by atomic mass is 9.77. The minimum Gasteiger partial charge on any atom is -0.508 e. The molecule has 4 nitrogen and oxygen atoms in total. The first-order valence-electron chi connectivity index (χ1n) is 6.90. The van der Waals surface area contributed by atoms with Gasteiger partial charge in [0.25, 0.3) is 5.91 Å². The topological polar surface area (TPSA) is 61.4 Å². The summed E-state index contributed by atoms with van der Waals surface area (Å²) in [5.41, 5.74) is 0.467. The molecular formula is C15H21ClN2O2. The number of carbonyl (C=O) groups is 1. The van der Waals surface area contributed by atoms with Gasteiger partial charge in [0.2, 0.25) is 0 Å². The molecule has 1 saturated heterocycles. The zero-order chi connectivity index (χ0) is 14.8. The maximum absolute atomic E-state index is 12.1. The first kappa shape index (κ1) is 15.1. The van der Waals surface area contributed by atoms with Gasteiger partial charge >= 0.3 is 0 Å². The number of nitrogens with one attached hydrogen (secondary N) is 2. The van der Waals surface area contributed by atoms with Crippen molar-refractivity contribution in [3.63, 3.8) is 0 Å². The van der Waals surface area contributed by atoms with Gasteiger partial charge in [-0.2, -0.15) is 0 Å². The van der Waals surface area contributed by atoms with E-state index in [0.717, 1.165) is 19.4 Å². The second kappa shape index (κ2) is 6.02. The number of aromatic hydroxyl groups is 1. The first-order chi connectivity index (χ1) is 9.40. The van der Waals surface area contributed by atoms with Crippen molar-refractivity contribution >= 4 is 17.5 Å². The fraction of sp³-hybridized carbons (Fsp3) is 0.533. The van der Waals surface area contributed by atoms with E-state index < -0.39 is 0 Å². The van der Waals surface area contributed by atoms with Crippen molar-refractivity contribution in [1.29, 1.82) is 0 Å². The first-order valence-corrected chi connectivity index (χ1v) is 7.28. The van der Waals surface area contributed by atoms with Gasteiger partial charge in [0.1, 0.15) is 5.75 Å². The van der Waals surface area contributed by atoms with Crippen LogP contribution < -0.4 is 10.6 Å². The highest BCUT2D eigenvalue weighted by Gasteiger charge is 2.32. The molecule has 0 bridgehead atoms. The van der Waals surface area contributed by atoms with E-state index in [1.54, 1.807) is 0 Å². The normalized spacial score (nSPS) is 21.4. The monoisotopic (exact) mass is 296 g/mol. The number of hydrogen-bond acceptors (Lipinski definition) is 3. The van der Waals surface area contributed by atoms with E-state index in [1.165, 1.54) is 18.2 Å². The lowest BCUT2D eigenvalue weighted by Gasteiger charge is -2.39. The Hall–Kier alpha value is -1.26. The summed E-state index contributed by atoms with van der Waals surface area (Å²) in [6.45, 7) is 5.95. The zero-order valence-electron chi connectivity index (χ0n) is 11.9. The van der Waals surface area contributed by atoms with Crippen molar-refractivity contribution in [3.8, 4) is 5.75 Å². The van der Waals surface area contributed by atoms with E-state index >= 15 is 0 Å². The smallest absolute Gasteiger partial charge is 0.252 e. The summed E-state index contributed by atoms with van der Waals surface area (Å²) in [5.74, 6) is -0.218. The maximum atomic E-state index is 12.1. The van der Waals surface area contributed by atoms with Gasteiger partial charge in [0, 0.05) is 12.6 Å². The van der Waals surface area contributed by atoms with Gasteiger partial charge in [0.15, 0.2) is 0 Å². The molecule has 1 amide bonds. The molecule has 1 atom stereocenters. The standard InChI is InChI=1S/C15H21ClN2O2/c1-15(2)6-3-7-17-13(15)9-18-14(20)11-8-10(19)4-5-12(11)16/h4-5,8,13,17,19H,3,6-7,9H2,1-2H3,(H,18,20). The highest BCUT2D eigenvalue weighted by Crippen LogP contribution is 2.29. The molecule has 1 aromatic rings. The molecule has 5 heteroatoms. The molecule has 20 heavy (non-hydrogen) atoms. The Morgan fingerprint density at radius 1 is 1.55 bits per heavy atom. The third kappa shape index (κ3) is 3.44. The average Bonchev–Trinajstić information content (AvgIpc) is 2.39. The van der Waals surface area contributed by atoms with Crippen LogP contribution in [0.2, 0.25) is 5.02 Å². The molecule has 0 aliphatic carbocycles. The molecule has 1 aromatic carbocycles. The van der Waals surface area contributed by atoms with E-state index in [1.807, 2.05) is 0 Å². The lowest BCUT2D eigenvalue weighted by Crippen LogP contribution is -2.52. The third-order valence-electron chi connectivity index (χ3n) is 3.99. The molecule has 110 valence electrons. The quantitative estimate of drug-likeness (QED) is 0.803. The highest BCUT2D eigenvalue weighted by atomic mass is 35.5. The van der Waals surface area contributed by atoms with Crippen LogP contribution in [0.25, 0.3) is 0 Å². The number of halogens is 1. The number of rotatable bonds is 3. The molecule has 1 heterocycles. The van der Waals surface area contributed by atoms with Crippen LogP contribution in [-0.4, -0.2) is 30.1 Å². The molecule has 1 aliphatic rings. The van der Waals surface area contributed by atoms with Crippen molar-refractivity contribution in [2.45, 2.75) is 32.7 Å². The van der Waals surface area contributed by atoms with E-state index in [0.29, 0.717) is 17.1 Å². The Kier molecular flexibility index (Phi) is 4.55. The second-order valence-electron chi connectivity index (χ2n) is 5.97. The van der Waals surface area contributed by atoms with Crippen LogP contribution >= 0.6 is 11.6 Å². The van der Waals surface area contributed by atoms with Crippen molar-refractivity contribution < 1.29 is 9.90 Å². The molecule has 0 aromatic heterocycles. The van der Waals surface area contributed by atoms with Crippen molar-refractivity contribution in [1.82, 2.24) is 10.6 Å². The molecular weight excluding hydrogens is 276 g/mol. The number of hydrogen-bond donors (Lipinski definition) is 3. The van der Waals surface area contributed by atoms with Crippen LogP contribution in [0.1, 0.15) is 37.0 Å². The summed E-state index contributed by atoms with van der Waals surface area (Å²) in [4.78, 5) is 12.1. The predicted octanol–water partition coefficient (Wildman–Crippen LogP) is 2.55. The number of piperidine rings is 1. The lowest BCUT2D eigenvalue weighted by molar-refractivity contribution is 0.0928. The summed E-state index contributed by atoms with van der Waals surface area (Å²) < 4.78 is 0. The third-order valence-corrected chi connectivity index (χ3v) is 4.32. The van der Waals surface area contributed by atoms with Crippen molar-refractivity contribution in [2.24, 2.45) is 5.41 Å². The summed E-state index contributed by atoms with van der Waals surface area (Å²) in [6.07, 6.45) is 2.31. The summed E-state index contributed by atoms with van der Waals surface area (Å²) in [5, 5.41) is 16.1. The number of phenolic OH excluding ortho intramolecular Hbond substituents is 1. The number of amides is 1. The highest BCUT2D eigenvalue weighted by molar-refractivity contribution is 6.33. The van der Waals surface area contributed by atoms with E-state index in [-0.39, 0.29) is 23.1 Å². The van der Waals surface area contributed by atoms with Gasteiger partial charge < -0.3 is 15.7 Å². The summed E-state index contributed by atoms with van der Waals surface area (Å²) in [6, 6.07) is 4.62.